The molecule has 0 spiro atoms. The van der Waals surface area contributed by atoms with E-state index in [2.05, 4.69) is 43.3 Å². The van der Waals surface area contributed by atoms with Gasteiger partial charge in [0.2, 0.25) is 0 Å². The fourth-order valence-corrected chi connectivity index (χ4v) is 4.29. The van der Waals surface area contributed by atoms with Crippen LogP contribution >= 0.6 is 0 Å². The van der Waals surface area contributed by atoms with E-state index in [9.17, 15) is 5.11 Å². The number of hydrogen-bond donors (Lipinski definition) is 1. The van der Waals surface area contributed by atoms with Gasteiger partial charge in [-0.05, 0) is 54.9 Å². The monoisotopic (exact) mass is 308 g/mol. The molecule has 0 saturated heterocycles. The quantitative estimate of drug-likeness (QED) is 0.849. The first-order chi connectivity index (χ1) is 11.3. The average molecular weight is 308 g/mol. The normalized spacial score (nSPS) is 25.5. The summed E-state index contributed by atoms with van der Waals surface area (Å²) in [4.78, 5) is 0. The van der Waals surface area contributed by atoms with Crippen molar-refractivity contribution in [2.24, 2.45) is 0 Å². The van der Waals surface area contributed by atoms with Gasteiger partial charge in [0, 0.05) is 11.5 Å². The maximum absolute atomic E-state index is 10.3. The molecule has 0 aromatic heterocycles. The Morgan fingerprint density at radius 3 is 2.74 bits per heavy atom. The topological polar surface area (TPSA) is 29.5 Å². The van der Waals surface area contributed by atoms with Gasteiger partial charge in [0.25, 0.3) is 0 Å². The molecule has 1 aliphatic heterocycles. The van der Waals surface area contributed by atoms with Gasteiger partial charge in [0.05, 0.1) is 0 Å². The lowest BCUT2D eigenvalue weighted by Gasteiger charge is -2.31. The van der Waals surface area contributed by atoms with Crippen LogP contribution < -0.4 is 4.74 Å². The maximum Gasteiger partial charge on any atom is 0.123 e. The Bertz CT molecular complexity index is 692. The zero-order valence-corrected chi connectivity index (χ0v) is 13.7. The molecule has 120 valence electrons. The first-order valence-corrected chi connectivity index (χ1v) is 8.83. The van der Waals surface area contributed by atoms with Crippen LogP contribution in [0.2, 0.25) is 0 Å². The van der Waals surface area contributed by atoms with E-state index in [1.165, 1.54) is 17.5 Å². The molecule has 23 heavy (non-hydrogen) atoms. The highest BCUT2D eigenvalue weighted by atomic mass is 16.5. The SMILES string of the molecule is CCCc1cc2c(cc1O)C1CC[C@@H](c3ccccc3)CC1O2. The highest BCUT2D eigenvalue weighted by Gasteiger charge is 2.40. The van der Waals surface area contributed by atoms with Gasteiger partial charge in [-0.15, -0.1) is 0 Å². The molecule has 2 unspecified atom stereocenters. The molecule has 2 aromatic rings. The minimum absolute atomic E-state index is 0.264. The number of hydrogen-bond acceptors (Lipinski definition) is 2. The highest BCUT2D eigenvalue weighted by molar-refractivity contribution is 5.50. The van der Waals surface area contributed by atoms with Crippen molar-refractivity contribution in [3.8, 4) is 11.5 Å². The van der Waals surface area contributed by atoms with E-state index in [0.717, 1.165) is 37.0 Å². The predicted molar refractivity (Wildman–Crippen MR) is 92.3 cm³/mol. The molecule has 0 radical (unpaired) electrons. The molecule has 0 bridgehead atoms. The van der Waals surface area contributed by atoms with E-state index in [1.54, 1.807) is 0 Å². The van der Waals surface area contributed by atoms with Gasteiger partial charge in [-0.1, -0.05) is 43.7 Å². The number of ether oxygens (including phenoxy) is 1. The molecular weight excluding hydrogens is 284 g/mol. The van der Waals surface area contributed by atoms with Crippen molar-refractivity contribution >= 4 is 0 Å². The van der Waals surface area contributed by atoms with Gasteiger partial charge in [0.15, 0.2) is 0 Å². The fourth-order valence-electron chi connectivity index (χ4n) is 4.29. The predicted octanol–water partition coefficient (Wildman–Crippen LogP) is 5.16. The summed E-state index contributed by atoms with van der Waals surface area (Å²) in [6.45, 7) is 2.14. The van der Waals surface area contributed by atoms with Crippen molar-refractivity contribution in [2.45, 2.75) is 57.0 Å². The summed E-state index contributed by atoms with van der Waals surface area (Å²) in [6.07, 6.45) is 5.63. The Balaban J connectivity index is 1.57. The Kier molecular flexibility index (Phi) is 3.76. The second-order valence-electron chi connectivity index (χ2n) is 6.95. The number of benzene rings is 2. The summed E-state index contributed by atoms with van der Waals surface area (Å²) in [5.41, 5.74) is 3.67. The van der Waals surface area contributed by atoms with Crippen LogP contribution in [0.5, 0.6) is 11.5 Å². The summed E-state index contributed by atoms with van der Waals surface area (Å²) < 4.78 is 6.29. The van der Waals surface area contributed by atoms with Crippen molar-refractivity contribution < 1.29 is 9.84 Å². The van der Waals surface area contributed by atoms with Gasteiger partial charge in [-0.3, -0.25) is 0 Å². The number of phenolic OH excluding ortho intramolecular Hbond substituents is 1. The van der Waals surface area contributed by atoms with E-state index >= 15 is 0 Å². The van der Waals surface area contributed by atoms with Crippen molar-refractivity contribution in [1.29, 1.82) is 0 Å². The highest BCUT2D eigenvalue weighted by Crippen LogP contribution is 2.50. The van der Waals surface area contributed by atoms with Crippen molar-refractivity contribution in [3.63, 3.8) is 0 Å². The number of aromatic hydroxyl groups is 1. The molecule has 4 rings (SSSR count). The van der Waals surface area contributed by atoms with Crippen LogP contribution in [0.25, 0.3) is 0 Å². The number of fused-ring (bicyclic) bond motifs is 3. The zero-order chi connectivity index (χ0) is 15.8. The second-order valence-corrected chi connectivity index (χ2v) is 6.95. The number of aryl methyl sites for hydroxylation is 1. The van der Waals surface area contributed by atoms with Gasteiger partial charge in [-0.2, -0.15) is 0 Å². The van der Waals surface area contributed by atoms with Crippen LogP contribution in [0, 0.1) is 0 Å². The third-order valence-electron chi connectivity index (χ3n) is 5.47. The Labute approximate surface area is 138 Å². The summed E-state index contributed by atoms with van der Waals surface area (Å²) in [6, 6.07) is 14.8. The van der Waals surface area contributed by atoms with Gasteiger partial charge < -0.3 is 9.84 Å². The molecule has 2 aromatic carbocycles. The van der Waals surface area contributed by atoms with Gasteiger partial charge in [0.1, 0.15) is 17.6 Å². The molecule has 1 saturated carbocycles. The molecule has 1 heterocycles. The van der Waals surface area contributed by atoms with Crippen molar-refractivity contribution in [1.82, 2.24) is 0 Å². The minimum atomic E-state index is 0.264. The number of phenols is 1. The summed E-state index contributed by atoms with van der Waals surface area (Å²) in [7, 11) is 0. The first-order valence-electron chi connectivity index (χ1n) is 8.83. The van der Waals surface area contributed by atoms with E-state index < -0.39 is 0 Å². The molecule has 1 fully saturated rings. The van der Waals surface area contributed by atoms with Gasteiger partial charge >= 0.3 is 0 Å². The number of rotatable bonds is 3. The van der Waals surface area contributed by atoms with E-state index in [-0.39, 0.29) is 6.10 Å². The van der Waals surface area contributed by atoms with E-state index in [0.29, 0.717) is 17.6 Å². The zero-order valence-electron chi connectivity index (χ0n) is 13.7. The molecule has 3 atom stereocenters. The second kappa shape index (κ2) is 5.92. The summed E-state index contributed by atoms with van der Waals surface area (Å²) in [5, 5.41) is 10.3. The molecule has 1 N–H and O–H groups in total. The maximum atomic E-state index is 10.3. The lowest BCUT2D eigenvalue weighted by molar-refractivity contribution is 0.151. The summed E-state index contributed by atoms with van der Waals surface area (Å²) in [5.74, 6) is 2.50. The standard InChI is InChI=1S/C21H24O2/c1-2-6-16-12-21-18(13-19(16)22)17-10-9-15(11-20(17)23-21)14-7-4-3-5-8-14/h3-5,7-8,12-13,15,17,20,22H,2,6,9-11H2,1H3/t15-,17?,20?/m1/s1. The van der Waals surface area contributed by atoms with Crippen LogP contribution in [0.4, 0.5) is 0 Å². The Morgan fingerprint density at radius 2 is 1.96 bits per heavy atom. The minimum Gasteiger partial charge on any atom is -0.508 e. The molecule has 2 aliphatic rings. The third-order valence-corrected chi connectivity index (χ3v) is 5.47. The van der Waals surface area contributed by atoms with Crippen molar-refractivity contribution in [3.05, 3.63) is 59.2 Å². The van der Waals surface area contributed by atoms with Gasteiger partial charge in [-0.25, -0.2) is 0 Å². The van der Waals surface area contributed by atoms with Crippen LogP contribution in [-0.2, 0) is 6.42 Å². The lowest BCUT2D eigenvalue weighted by Crippen LogP contribution is -2.27. The molecule has 0 amide bonds. The summed E-state index contributed by atoms with van der Waals surface area (Å²) >= 11 is 0. The Hall–Kier alpha value is -1.96. The van der Waals surface area contributed by atoms with Crippen LogP contribution in [0.1, 0.15) is 61.1 Å². The van der Waals surface area contributed by atoms with E-state index in [4.69, 9.17) is 4.74 Å². The lowest BCUT2D eigenvalue weighted by atomic mass is 9.75. The van der Waals surface area contributed by atoms with Crippen molar-refractivity contribution in [2.75, 3.05) is 0 Å². The smallest absolute Gasteiger partial charge is 0.123 e. The fraction of sp³-hybridized carbons (Fsp3) is 0.429. The van der Waals surface area contributed by atoms with E-state index in [1.807, 2.05) is 6.07 Å². The van der Waals surface area contributed by atoms with Crippen LogP contribution in [0.15, 0.2) is 42.5 Å². The average Bonchev–Trinajstić information content (AvgIpc) is 2.93. The largest absolute Gasteiger partial charge is 0.508 e. The third kappa shape index (κ3) is 2.60. The first kappa shape index (κ1) is 14.6. The molecule has 2 nitrogen and oxygen atoms in total. The Morgan fingerprint density at radius 1 is 1.13 bits per heavy atom. The van der Waals surface area contributed by atoms with Crippen LogP contribution in [0.3, 0.4) is 0 Å². The molecule has 1 aliphatic carbocycles. The molecular formula is C21H24O2. The molecule has 2 heteroatoms. The van der Waals surface area contributed by atoms with Crippen LogP contribution in [-0.4, -0.2) is 11.2 Å².